The smallest absolute Gasteiger partial charge is 0.166 e. The molecular weight excluding hydrogens is 422 g/mol. The first kappa shape index (κ1) is 19.1. The average Bonchev–Trinajstić information content (AvgIpc) is 2.52. The summed E-state index contributed by atoms with van der Waals surface area (Å²) in [6.45, 7) is 0. The third kappa shape index (κ3) is 4.45. The van der Waals surface area contributed by atoms with Gasteiger partial charge in [0.1, 0.15) is 0 Å². The highest BCUT2D eigenvalue weighted by Crippen LogP contribution is 2.42. The Kier molecular flexibility index (Phi) is 5.54. The van der Waals surface area contributed by atoms with E-state index < -0.39 is 33.7 Å². The van der Waals surface area contributed by atoms with Crippen molar-refractivity contribution in [3.8, 4) is 0 Å². The van der Waals surface area contributed by atoms with E-state index in [4.69, 9.17) is 11.6 Å². The van der Waals surface area contributed by atoms with Gasteiger partial charge in [-0.25, -0.2) is 0 Å². The van der Waals surface area contributed by atoms with Crippen molar-refractivity contribution in [1.82, 2.24) is 0 Å². The Labute approximate surface area is 147 Å². The molecule has 2 aromatic rings. The maximum Gasteiger partial charge on any atom is 0.416 e. The molecule has 0 amide bonds. The zero-order valence-corrected chi connectivity index (χ0v) is 14.1. The SMILES string of the molecule is FC(F)(F)c1ccc([C@H](Cl)[C@@H](Br)c2ccc(C(F)(F)F)cc2)cc1. The Bertz CT molecular complexity index is 614. The lowest BCUT2D eigenvalue weighted by atomic mass is 10.0. The number of alkyl halides is 8. The maximum atomic E-state index is 12.5. The number of hydrogen-bond donors (Lipinski definition) is 0. The molecule has 2 rings (SSSR count). The van der Waals surface area contributed by atoms with Crippen LogP contribution < -0.4 is 0 Å². The molecule has 0 unspecified atom stereocenters. The van der Waals surface area contributed by atoms with Crippen molar-refractivity contribution >= 4 is 27.5 Å². The fourth-order valence-corrected chi connectivity index (χ4v) is 2.95. The molecule has 0 bridgehead atoms. The maximum absolute atomic E-state index is 12.5. The van der Waals surface area contributed by atoms with E-state index >= 15 is 0 Å². The summed E-state index contributed by atoms with van der Waals surface area (Å²) in [7, 11) is 0. The average molecular weight is 432 g/mol. The van der Waals surface area contributed by atoms with Crippen molar-refractivity contribution in [1.29, 1.82) is 0 Å². The van der Waals surface area contributed by atoms with Gasteiger partial charge in [-0.1, -0.05) is 40.2 Å². The standard InChI is InChI=1S/C16H10BrClF6/c17-13(9-1-5-11(6-2-9)15(19,20)21)14(18)10-3-7-12(8-4-10)16(22,23)24/h1-8,13-14H/t13-,14-/m0/s1. The van der Waals surface area contributed by atoms with E-state index in [0.29, 0.717) is 11.1 Å². The molecule has 0 saturated heterocycles. The van der Waals surface area contributed by atoms with Gasteiger partial charge in [0, 0.05) is 0 Å². The van der Waals surface area contributed by atoms with Crippen molar-refractivity contribution < 1.29 is 26.3 Å². The predicted octanol–water partition coefficient (Wildman–Crippen LogP) is 7.14. The van der Waals surface area contributed by atoms with E-state index in [-0.39, 0.29) is 0 Å². The van der Waals surface area contributed by atoms with Gasteiger partial charge >= 0.3 is 12.4 Å². The van der Waals surface area contributed by atoms with Gasteiger partial charge in [-0.05, 0) is 35.4 Å². The van der Waals surface area contributed by atoms with E-state index in [1.165, 1.54) is 24.3 Å². The van der Waals surface area contributed by atoms with Crippen LogP contribution in [0.25, 0.3) is 0 Å². The first-order valence-electron chi connectivity index (χ1n) is 6.62. The van der Waals surface area contributed by atoms with Crippen molar-refractivity contribution in [3.05, 3.63) is 70.8 Å². The van der Waals surface area contributed by atoms with Crippen LogP contribution in [0.5, 0.6) is 0 Å². The molecule has 2 aromatic carbocycles. The number of benzene rings is 2. The fraction of sp³-hybridized carbons (Fsp3) is 0.250. The third-order valence-electron chi connectivity index (χ3n) is 3.37. The molecule has 0 N–H and O–H groups in total. The molecule has 0 radical (unpaired) electrons. The van der Waals surface area contributed by atoms with Crippen molar-refractivity contribution in [2.24, 2.45) is 0 Å². The Morgan fingerprint density at radius 3 is 1.33 bits per heavy atom. The number of halogens is 8. The van der Waals surface area contributed by atoms with Crippen molar-refractivity contribution in [2.75, 3.05) is 0 Å². The van der Waals surface area contributed by atoms with Crippen LogP contribution in [-0.2, 0) is 12.4 Å². The topological polar surface area (TPSA) is 0 Å². The molecule has 0 spiro atoms. The lowest BCUT2D eigenvalue weighted by molar-refractivity contribution is -0.138. The normalized spacial score (nSPS) is 15.2. The Hall–Kier alpha value is -1.21. The van der Waals surface area contributed by atoms with Gasteiger partial charge in [-0.3, -0.25) is 0 Å². The summed E-state index contributed by atoms with van der Waals surface area (Å²) >= 11 is 9.52. The summed E-state index contributed by atoms with van der Waals surface area (Å²) in [5.41, 5.74) is -0.670. The highest BCUT2D eigenvalue weighted by molar-refractivity contribution is 9.09. The zero-order chi connectivity index (χ0) is 18.1. The molecule has 2 atom stereocenters. The highest BCUT2D eigenvalue weighted by atomic mass is 79.9. The molecule has 0 saturated carbocycles. The summed E-state index contributed by atoms with van der Waals surface area (Å²) in [6, 6.07) is 8.75. The Morgan fingerprint density at radius 1 is 0.667 bits per heavy atom. The molecule has 0 fully saturated rings. The van der Waals surface area contributed by atoms with Crippen molar-refractivity contribution in [3.63, 3.8) is 0 Å². The van der Waals surface area contributed by atoms with E-state index in [0.717, 1.165) is 24.3 Å². The number of hydrogen-bond acceptors (Lipinski definition) is 0. The molecule has 0 aliphatic carbocycles. The minimum Gasteiger partial charge on any atom is -0.166 e. The third-order valence-corrected chi connectivity index (χ3v) is 5.24. The van der Waals surface area contributed by atoms with Crippen LogP contribution in [0.1, 0.15) is 32.5 Å². The zero-order valence-electron chi connectivity index (χ0n) is 11.8. The first-order valence-corrected chi connectivity index (χ1v) is 7.98. The van der Waals surface area contributed by atoms with Crippen molar-refractivity contribution in [2.45, 2.75) is 22.6 Å². The lowest BCUT2D eigenvalue weighted by Crippen LogP contribution is -2.07. The van der Waals surface area contributed by atoms with E-state index in [1.807, 2.05) is 0 Å². The van der Waals surface area contributed by atoms with Gasteiger partial charge in [-0.15, -0.1) is 11.6 Å². The van der Waals surface area contributed by atoms with E-state index in [2.05, 4.69) is 15.9 Å². The van der Waals surface area contributed by atoms with Crippen LogP contribution >= 0.6 is 27.5 Å². The minimum atomic E-state index is -4.44. The van der Waals surface area contributed by atoms with Gasteiger partial charge in [-0.2, -0.15) is 26.3 Å². The van der Waals surface area contributed by atoms with Crippen LogP contribution in [0.3, 0.4) is 0 Å². The number of rotatable bonds is 3. The molecule has 0 aliphatic heterocycles. The summed E-state index contributed by atoms with van der Waals surface area (Å²) in [6.07, 6.45) is -8.88. The molecule has 8 heteroatoms. The molecular formula is C16H10BrClF6. The molecule has 0 aliphatic rings. The van der Waals surface area contributed by atoms with E-state index in [9.17, 15) is 26.3 Å². The largest absolute Gasteiger partial charge is 0.416 e. The predicted molar refractivity (Wildman–Crippen MR) is 83.2 cm³/mol. The van der Waals surface area contributed by atoms with E-state index in [1.54, 1.807) is 0 Å². The monoisotopic (exact) mass is 430 g/mol. The van der Waals surface area contributed by atoms with Crippen LogP contribution in [-0.4, -0.2) is 0 Å². The molecule has 24 heavy (non-hydrogen) atoms. The second-order valence-corrected chi connectivity index (χ2v) is 6.50. The van der Waals surface area contributed by atoms with Gasteiger partial charge < -0.3 is 0 Å². The molecule has 0 heterocycles. The minimum absolute atomic E-state index is 0.423. The molecule has 0 aromatic heterocycles. The molecule has 130 valence electrons. The lowest BCUT2D eigenvalue weighted by Gasteiger charge is -2.18. The summed E-state index contributed by atoms with van der Waals surface area (Å²) in [4.78, 5) is -0.557. The summed E-state index contributed by atoms with van der Waals surface area (Å²) < 4.78 is 75.3. The van der Waals surface area contributed by atoms with Gasteiger partial charge in [0.2, 0.25) is 0 Å². The Morgan fingerprint density at radius 2 is 1.00 bits per heavy atom. The fourth-order valence-electron chi connectivity index (χ4n) is 2.05. The van der Waals surface area contributed by atoms with Crippen LogP contribution in [0.15, 0.2) is 48.5 Å². The molecule has 0 nitrogen and oxygen atoms in total. The second-order valence-electron chi connectivity index (χ2n) is 5.04. The van der Waals surface area contributed by atoms with Crippen LogP contribution in [0.4, 0.5) is 26.3 Å². The first-order chi connectivity index (χ1) is 11.0. The van der Waals surface area contributed by atoms with Gasteiger partial charge in [0.15, 0.2) is 0 Å². The van der Waals surface area contributed by atoms with Gasteiger partial charge in [0.05, 0.1) is 21.3 Å². The quantitative estimate of drug-likeness (QED) is 0.358. The van der Waals surface area contributed by atoms with Gasteiger partial charge in [0.25, 0.3) is 0 Å². The highest BCUT2D eigenvalue weighted by Gasteiger charge is 2.32. The van der Waals surface area contributed by atoms with Crippen LogP contribution in [0, 0.1) is 0 Å². The second kappa shape index (κ2) is 6.96. The summed E-state index contributed by atoms with van der Waals surface area (Å²) in [5.74, 6) is 0. The van der Waals surface area contributed by atoms with Crippen LogP contribution in [0.2, 0.25) is 0 Å². The Balaban J connectivity index is 2.18. The summed E-state index contributed by atoms with van der Waals surface area (Å²) in [5, 5.41) is -0.746.